The van der Waals surface area contributed by atoms with Gasteiger partial charge in [-0.1, -0.05) is 19.3 Å². The minimum absolute atomic E-state index is 0. The number of carbonyl (C=O) groups excluding carboxylic acids is 1. The summed E-state index contributed by atoms with van der Waals surface area (Å²) >= 11 is 1.73. The van der Waals surface area contributed by atoms with Gasteiger partial charge < -0.3 is 16.0 Å². The molecule has 1 aliphatic carbocycles. The first-order valence-electron chi connectivity index (χ1n) is 9.30. The molecule has 0 saturated heterocycles. The molecule has 148 valence electrons. The number of nitrogens with zero attached hydrogens (tertiary/aromatic N) is 2. The number of guanidine groups is 1. The molecular weight excluding hydrogens is 461 g/mol. The van der Waals surface area contributed by atoms with Crippen molar-refractivity contribution in [1.29, 1.82) is 0 Å². The molecular formula is C18H32IN5OS. The highest BCUT2D eigenvalue weighted by atomic mass is 127. The van der Waals surface area contributed by atoms with Gasteiger partial charge in [0.2, 0.25) is 5.91 Å². The van der Waals surface area contributed by atoms with Crippen LogP contribution >= 0.6 is 35.3 Å². The highest BCUT2D eigenvalue weighted by molar-refractivity contribution is 14.0. The lowest BCUT2D eigenvalue weighted by Gasteiger charge is -2.20. The van der Waals surface area contributed by atoms with Crippen LogP contribution in [0.25, 0.3) is 0 Å². The van der Waals surface area contributed by atoms with Crippen molar-refractivity contribution in [3.05, 3.63) is 16.1 Å². The van der Waals surface area contributed by atoms with Gasteiger partial charge in [-0.25, -0.2) is 4.98 Å². The maximum atomic E-state index is 12.0. The molecule has 6 nitrogen and oxygen atoms in total. The van der Waals surface area contributed by atoms with E-state index in [-0.39, 0.29) is 29.9 Å². The Balaban J connectivity index is 0.00000338. The Morgan fingerprint density at radius 3 is 2.54 bits per heavy atom. The Hall–Kier alpha value is -0.900. The van der Waals surface area contributed by atoms with E-state index in [1.54, 1.807) is 18.4 Å². The highest BCUT2D eigenvalue weighted by Crippen LogP contribution is 2.25. The van der Waals surface area contributed by atoms with Gasteiger partial charge in [-0.05, 0) is 25.7 Å². The van der Waals surface area contributed by atoms with E-state index in [1.807, 2.05) is 6.20 Å². The fraction of sp³-hybridized carbons (Fsp3) is 0.722. The predicted octanol–water partition coefficient (Wildman–Crippen LogP) is 2.86. The summed E-state index contributed by atoms with van der Waals surface area (Å²) in [7, 11) is 1.75. The van der Waals surface area contributed by atoms with E-state index in [4.69, 9.17) is 0 Å². The van der Waals surface area contributed by atoms with Crippen molar-refractivity contribution in [2.75, 3.05) is 26.7 Å². The number of aromatic nitrogens is 1. The molecule has 1 amide bonds. The lowest BCUT2D eigenvalue weighted by molar-refractivity contribution is -0.122. The summed E-state index contributed by atoms with van der Waals surface area (Å²) < 4.78 is 0. The second-order valence-electron chi connectivity index (χ2n) is 6.60. The van der Waals surface area contributed by atoms with Crippen molar-refractivity contribution in [3.63, 3.8) is 0 Å². The first-order valence-corrected chi connectivity index (χ1v) is 10.1. The third-order valence-corrected chi connectivity index (χ3v) is 5.44. The van der Waals surface area contributed by atoms with Gasteiger partial charge >= 0.3 is 0 Å². The number of rotatable bonds is 8. The van der Waals surface area contributed by atoms with Crippen molar-refractivity contribution in [2.45, 2.75) is 51.9 Å². The van der Waals surface area contributed by atoms with Crippen LogP contribution in [0.1, 0.15) is 48.4 Å². The molecule has 26 heavy (non-hydrogen) atoms. The van der Waals surface area contributed by atoms with E-state index in [9.17, 15) is 4.79 Å². The zero-order valence-corrected chi connectivity index (χ0v) is 19.0. The SMILES string of the molecule is CN=C(NCCNC(=O)CC1CCCCC1)NCCc1ncc(C)s1.I. The van der Waals surface area contributed by atoms with E-state index in [0.717, 1.165) is 23.9 Å². The van der Waals surface area contributed by atoms with E-state index >= 15 is 0 Å². The number of aryl methyl sites for hydroxylation is 1. The van der Waals surface area contributed by atoms with Gasteiger partial charge in [0.25, 0.3) is 0 Å². The first-order chi connectivity index (χ1) is 12.2. The van der Waals surface area contributed by atoms with Crippen LogP contribution in [-0.2, 0) is 11.2 Å². The quantitative estimate of drug-likeness (QED) is 0.225. The largest absolute Gasteiger partial charge is 0.356 e. The summed E-state index contributed by atoms with van der Waals surface area (Å²) in [6, 6.07) is 0. The zero-order valence-electron chi connectivity index (χ0n) is 15.8. The minimum Gasteiger partial charge on any atom is -0.356 e. The van der Waals surface area contributed by atoms with Crippen LogP contribution in [0.3, 0.4) is 0 Å². The van der Waals surface area contributed by atoms with Gasteiger partial charge in [-0.2, -0.15) is 0 Å². The molecule has 1 heterocycles. The molecule has 0 aromatic carbocycles. The molecule has 0 radical (unpaired) electrons. The third-order valence-electron chi connectivity index (χ3n) is 4.46. The topological polar surface area (TPSA) is 78.4 Å². The minimum atomic E-state index is 0. The van der Waals surface area contributed by atoms with Crippen molar-refractivity contribution < 1.29 is 4.79 Å². The van der Waals surface area contributed by atoms with Gasteiger partial charge in [0.15, 0.2) is 5.96 Å². The Labute approximate surface area is 178 Å². The molecule has 1 saturated carbocycles. The third kappa shape index (κ3) is 9.16. The van der Waals surface area contributed by atoms with E-state index < -0.39 is 0 Å². The Morgan fingerprint density at radius 1 is 1.19 bits per heavy atom. The molecule has 8 heteroatoms. The fourth-order valence-electron chi connectivity index (χ4n) is 3.13. The summed E-state index contributed by atoms with van der Waals surface area (Å²) in [5.41, 5.74) is 0. The van der Waals surface area contributed by atoms with E-state index in [2.05, 4.69) is 32.9 Å². The molecule has 1 fully saturated rings. The molecule has 1 aromatic heterocycles. The van der Waals surface area contributed by atoms with Crippen molar-refractivity contribution in [1.82, 2.24) is 20.9 Å². The standard InChI is InChI=1S/C18H31N5OS.HI/c1-14-13-23-17(25-14)8-9-21-18(19-2)22-11-10-20-16(24)12-15-6-4-3-5-7-15;/h13,15H,3-12H2,1-2H3,(H,20,24)(H2,19,21,22);1H. The Kier molecular flexibility index (Phi) is 11.8. The molecule has 0 unspecified atom stereocenters. The Morgan fingerprint density at radius 2 is 1.88 bits per heavy atom. The first kappa shape index (κ1) is 23.1. The number of amides is 1. The molecule has 2 rings (SSSR count). The Bertz CT molecular complexity index is 558. The number of thiazole rings is 1. The predicted molar refractivity (Wildman–Crippen MR) is 120 cm³/mol. The van der Waals surface area contributed by atoms with E-state index in [0.29, 0.717) is 25.4 Å². The average molecular weight is 493 g/mol. The number of carbonyl (C=O) groups is 1. The van der Waals surface area contributed by atoms with Gasteiger partial charge in [-0.15, -0.1) is 35.3 Å². The lowest BCUT2D eigenvalue weighted by atomic mass is 9.87. The summed E-state index contributed by atoms with van der Waals surface area (Å²) in [5, 5.41) is 10.6. The van der Waals surface area contributed by atoms with Crippen molar-refractivity contribution in [2.24, 2.45) is 10.9 Å². The number of halogens is 1. The second-order valence-corrected chi connectivity index (χ2v) is 7.92. The second kappa shape index (κ2) is 13.3. The van der Waals surface area contributed by atoms with Crippen LogP contribution < -0.4 is 16.0 Å². The molecule has 0 spiro atoms. The van der Waals surface area contributed by atoms with Crippen LogP contribution in [-0.4, -0.2) is 43.5 Å². The summed E-state index contributed by atoms with van der Waals surface area (Å²) in [4.78, 5) is 21.8. The molecule has 0 aliphatic heterocycles. The lowest BCUT2D eigenvalue weighted by Crippen LogP contribution is -2.42. The summed E-state index contributed by atoms with van der Waals surface area (Å²) in [6.07, 6.45) is 9.78. The van der Waals surface area contributed by atoms with Crippen LogP contribution in [0.15, 0.2) is 11.2 Å². The van der Waals surface area contributed by atoms with Crippen LogP contribution in [0.4, 0.5) is 0 Å². The van der Waals surface area contributed by atoms with Crippen LogP contribution in [0, 0.1) is 12.8 Å². The van der Waals surface area contributed by atoms with Gasteiger partial charge in [0, 0.05) is 50.6 Å². The number of hydrogen-bond acceptors (Lipinski definition) is 4. The smallest absolute Gasteiger partial charge is 0.220 e. The van der Waals surface area contributed by atoms with Gasteiger partial charge in [0.05, 0.1) is 5.01 Å². The molecule has 1 aromatic rings. The molecule has 1 aliphatic rings. The maximum Gasteiger partial charge on any atom is 0.220 e. The monoisotopic (exact) mass is 493 g/mol. The van der Waals surface area contributed by atoms with E-state index in [1.165, 1.54) is 37.0 Å². The maximum absolute atomic E-state index is 12.0. The number of hydrogen-bond donors (Lipinski definition) is 3. The van der Waals surface area contributed by atoms with Crippen LogP contribution in [0.5, 0.6) is 0 Å². The summed E-state index contributed by atoms with van der Waals surface area (Å²) in [6.45, 7) is 4.16. The number of aliphatic imine (C=N–C) groups is 1. The summed E-state index contributed by atoms with van der Waals surface area (Å²) in [5.74, 6) is 1.52. The molecule has 0 atom stereocenters. The molecule has 3 N–H and O–H groups in total. The molecule has 0 bridgehead atoms. The van der Waals surface area contributed by atoms with Gasteiger partial charge in [0.1, 0.15) is 0 Å². The van der Waals surface area contributed by atoms with Crippen molar-refractivity contribution in [3.8, 4) is 0 Å². The normalized spacial score (nSPS) is 15.2. The van der Waals surface area contributed by atoms with Crippen LogP contribution in [0.2, 0.25) is 0 Å². The average Bonchev–Trinajstić information content (AvgIpc) is 3.03. The fourth-order valence-corrected chi connectivity index (χ4v) is 3.92. The highest BCUT2D eigenvalue weighted by Gasteiger charge is 2.16. The zero-order chi connectivity index (χ0) is 17.9. The number of nitrogens with one attached hydrogen (secondary N) is 3. The van der Waals surface area contributed by atoms with Gasteiger partial charge in [-0.3, -0.25) is 9.79 Å². The van der Waals surface area contributed by atoms with Crippen molar-refractivity contribution >= 4 is 47.2 Å².